The van der Waals surface area contributed by atoms with Crippen LogP contribution >= 0.6 is 0 Å². The van der Waals surface area contributed by atoms with E-state index in [2.05, 4.69) is 25.8 Å². The van der Waals surface area contributed by atoms with Gasteiger partial charge in [-0.2, -0.15) is 0 Å². The van der Waals surface area contributed by atoms with Gasteiger partial charge in [-0.3, -0.25) is 9.69 Å². The maximum Gasteiger partial charge on any atom is 0.241 e. The molecule has 3 N–H and O–H groups in total. The summed E-state index contributed by atoms with van der Waals surface area (Å²) in [4.78, 5) is 18.6. The Morgan fingerprint density at radius 2 is 1.90 bits per heavy atom. The lowest BCUT2D eigenvalue weighted by atomic mass is 10.2. The smallest absolute Gasteiger partial charge is 0.241 e. The van der Waals surface area contributed by atoms with Gasteiger partial charge >= 0.3 is 0 Å². The van der Waals surface area contributed by atoms with Gasteiger partial charge in [0.2, 0.25) is 5.91 Å². The number of hydrogen-bond acceptors (Lipinski definition) is 5. The van der Waals surface area contributed by atoms with Crippen LogP contribution in [0.4, 0.5) is 0 Å². The first kappa shape index (κ1) is 22.8. The Kier molecular flexibility index (Phi) is 9.56. The molecule has 1 aromatic carbocycles. The number of carbonyl (C=O) groups is 1. The molecule has 0 saturated carbocycles. The second-order valence-corrected chi connectivity index (χ2v) is 7.13. The molecule has 0 aromatic heterocycles. The lowest BCUT2D eigenvalue weighted by molar-refractivity contribution is -0.119. The van der Waals surface area contributed by atoms with Gasteiger partial charge in [0.1, 0.15) is 18.0 Å². The van der Waals surface area contributed by atoms with Crippen LogP contribution in [0.25, 0.3) is 0 Å². The van der Waals surface area contributed by atoms with Crippen LogP contribution in [-0.2, 0) is 11.3 Å². The topological polar surface area (TPSA) is 87.2 Å². The number of carbonyl (C=O) groups excluding carboxylic acids is 1. The number of methoxy groups -OCH3 is 2. The Labute approximate surface area is 174 Å². The normalized spacial score (nSPS) is 17.1. The van der Waals surface area contributed by atoms with Gasteiger partial charge in [0.15, 0.2) is 5.96 Å². The highest BCUT2D eigenvalue weighted by Gasteiger charge is 2.23. The third-order valence-corrected chi connectivity index (χ3v) is 4.73. The monoisotopic (exact) mass is 405 g/mol. The highest BCUT2D eigenvalue weighted by Crippen LogP contribution is 2.24. The fraction of sp³-hybridized carbons (Fsp3) is 0.619. The maximum absolute atomic E-state index is 11.8. The highest BCUT2D eigenvalue weighted by molar-refractivity contribution is 5.85. The molecule has 0 radical (unpaired) electrons. The van der Waals surface area contributed by atoms with Crippen molar-refractivity contribution in [3.8, 4) is 11.5 Å². The first-order chi connectivity index (χ1) is 14.1. The molecule has 0 bridgehead atoms. The molecule has 1 fully saturated rings. The number of amides is 1. The molecule has 1 aliphatic rings. The molecule has 8 nitrogen and oxygen atoms in total. The van der Waals surface area contributed by atoms with Gasteiger partial charge in [0, 0.05) is 44.8 Å². The molecule has 1 aliphatic heterocycles. The van der Waals surface area contributed by atoms with Gasteiger partial charge in [-0.15, -0.1) is 0 Å². The Bertz CT molecular complexity index is 658. The summed E-state index contributed by atoms with van der Waals surface area (Å²) in [5.41, 5.74) is 1.16. The van der Waals surface area contributed by atoms with Gasteiger partial charge < -0.3 is 25.4 Å². The molecule has 1 atom stereocenters. The molecule has 162 valence electrons. The van der Waals surface area contributed by atoms with E-state index in [0.717, 1.165) is 56.1 Å². The van der Waals surface area contributed by atoms with Crippen LogP contribution in [0.5, 0.6) is 11.5 Å². The zero-order valence-corrected chi connectivity index (χ0v) is 18.1. The average Bonchev–Trinajstić information content (AvgIpc) is 3.16. The largest absolute Gasteiger partial charge is 0.497 e. The molecule has 8 heteroatoms. The van der Waals surface area contributed by atoms with Crippen molar-refractivity contribution < 1.29 is 14.3 Å². The molecule has 0 aliphatic carbocycles. The number of benzene rings is 1. The van der Waals surface area contributed by atoms with E-state index in [0.29, 0.717) is 18.5 Å². The van der Waals surface area contributed by atoms with Crippen LogP contribution < -0.4 is 25.4 Å². The molecule has 1 amide bonds. The van der Waals surface area contributed by atoms with Crippen LogP contribution in [-0.4, -0.2) is 69.8 Å². The van der Waals surface area contributed by atoms with Crippen LogP contribution in [0.2, 0.25) is 0 Å². The van der Waals surface area contributed by atoms with Gasteiger partial charge in [-0.1, -0.05) is 6.92 Å². The molecule has 29 heavy (non-hydrogen) atoms. The number of rotatable bonds is 10. The number of aliphatic imine (C=N–C) groups is 1. The predicted octanol–water partition coefficient (Wildman–Crippen LogP) is 1.36. The van der Waals surface area contributed by atoms with E-state index >= 15 is 0 Å². The Hall–Kier alpha value is -2.48. The van der Waals surface area contributed by atoms with Crippen molar-refractivity contribution in [2.75, 3.05) is 46.9 Å². The van der Waals surface area contributed by atoms with Gasteiger partial charge in [-0.05, 0) is 37.5 Å². The molecule has 1 heterocycles. The predicted molar refractivity (Wildman–Crippen MR) is 116 cm³/mol. The molecule has 1 aromatic rings. The molecular formula is C21H35N5O3. The number of guanidine groups is 1. The van der Waals surface area contributed by atoms with Crippen LogP contribution in [0, 0.1) is 0 Å². The Morgan fingerprint density at radius 3 is 2.52 bits per heavy atom. The van der Waals surface area contributed by atoms with Gasteiger partial charge in [-0.25, -0.2) is 4.99 Å². The summed E-state index contributed by atoms with van der Waals surface area (Å²) in [7, 11) is 3.33. The van der Waals surface area contributed by atoms with E-state index in [-0.39, 0.29) is 12.5 Å². The van der Waals surface area contributed by atoms with E-state index in [1.165, 1.54) is 0 Å². The molecule has 0 spiro atoms. The van der Waals surface area contributed by atoms with E-state index in [1.807, 2.05) is 32.0 Å². The van der Waals surface area contributed by atoms with Crippen molar-refractivity contribution in [1.82, 2.24) is 20.9 Å². The van der Waals surface area contributed by atoms with Crippen LogP contribution in [0.1, 0.15) is 32.3 Å². The van der Waals surface area contributed by atoms with E-state index in [4.69, 9.17) is 9.47 Å². The van der Waals surface area contributed by atoms with Crippen LogP contribution in [0.3, 0.4) is 0 Å². The SMILES string of the molecule is CCCNC(=O)CN=C(NCC)NC1CCN(Cc2cc(OC)cc(OC)c2)C1. The first-order valence-electron chi connectivity index (χ1n) is 10.3. The summed E-state index contributed by atoms with van der Waals surface area (Å²) in [6.45, 7) is 8.36. The summed E-state index contributed by atoms with van der Waals surface area (Å²) < 4.78 is 10.7. The van der Waals surface area contributed by atoms with Crippen molar-refractivity contribution in [1.29, 1.82) is 0 Å². The Balaban J connectivity index is 1.89. The lowest BCUT2D eigenvalue weighted by Gasteiger charge is -2.19. The summed E-state index contributed by atoms with van der Waals surface area (Å²) >= 11 is 0. The summed E-state index contributed by atoms with van der Waals surface area (Å²) in [6, 6.07) is 6.26. The van der Waals surface area contributed by atoms with E-state index in [9.17, 15) is 4.79 Å². The molecule has 2 rings (SSSR count). The molecular weight excluding hydrogens is 370 g/mol. The third kappa shape index (κ3) is 7.81. The zero-order valence-electron chi connectivity index (χ0n) is 18.1. The van der Waals surface area contributed by atoms with E-state index in [1.54, 1.807) is 14.2 Å². The number of likely N-dealkylation sites (tertiary alicyclic amines) is 1. The highest BCUT2D eigenvalue weighted by atomic mass is 16.5. The number of ether oxygens (including phenoxy) is 2. The summed E-state index contributed by atoms with van der Waals surface area (Å²) in [6.07, 6.45) is 1.94. The number of nitrogens with zero attached hydrogens (tertiary/aromatic N) is 2. The third-order valence-electron chi connectivity index (χ3n) is 4.73. The van der Waals surface area contributed by atoms with E-state index < -0.39 is 0 Å². The summed E-state index contributed by atoms with van der Waals surface area (Å²) in [5.74, 6) is 2.24. The minimum atomic E-state index is -0.0518. The molecule has 1 unspecified atom stereocenters. The minimum absolute atomic E-state index is 0.0518. The maximum atomic E-state index is 11.8. The Morgan fingerprint density at radius 1 is 1.17 bits per heavy atom. The zero-order chi connectivity index (χ0) is 21.1. The van der Waals surface area contributed by atoms with Gasteiger partial charge in [0.25, 0.3) is 0 Å². The number of hydrogen-bond donors (Lipinski definition) is 3. The lowest BCUT2D eigenvalue weighted by Crippen LogP contribution is -2.45. The van der Waals surface area contributed by atoms with Gasteiger partial charge in [0.05, 0.1) is 14.2 Å². The molecule has 1 saturated heterocycles. The average molecular weight is 406 g/mol. The minimum Gasteiger partial charge on any atom is -0.497 e. The second kappa shape index (κ2) is 12.2. The van der Waals surface area contributed by atoms with Crippen molar-refractivity contribution in [2.45, 2.75) is 39.3 Å². The van der Waals surface area contributed by atoms with Crippen molar-refractivity contribution in [2.24, 2.45) is 4.99 Å². The fourth-order valence-electron chi connectivity index (χ4n) is 3.29. The standard InChI is InChI=1S/C21H35N5O3/c1-5-8-23-20(27)13-24-21(22-6-2)25-17-7-9-26(15-17)14-16-10-18(28-3)12-19(11-16)29-4/h10-12,17H,5-9,13-15H2,1-4H3,(H,23,27)(H2,22,24,25). The quantitative estimate of drug-likeness (QED) is 0.403. The number of nitrogens with one attached hydrogen (secondary N) is 3. The van der Waals surface area contributed by atoms with Crippen molar-refractivity contribution in [3.05, 3.63) is 23.8 Å². The van der Waals surface area contributed by atoms with Crippen molar-refractivity contribution in [3.63, 3.8) is 0 Å². The fourth-order valence-corrected chi connectivity index (χ4v) is 3.29. The van der Waals surface area contributed by atoms with Crippen LogP contribution in [0.15, 0.2) is 23.2 Å². The van der Waals surface area contributed by atoms with Crippen molar-refractivity contribution >= 4 is 11.9 Å². The second-order valence-electron chi connectivity index (χ2n) is 7.13. The summed E-state index contributed by atoms with van der Waals surface area (Å²) in [5, 5.41) is 9.53. The first-order valence-corrected chi connectivity index (χ1v) is 10.3.